The number of halogens is 3. The lowest BCUT2D eigenvalue weighted by atomic mass is 10.4. The quantitative estimate of drug-likeness (QED) is 0.714. The second kappa shape index (κ2) is 7.40. The van der Waals surface area contributed by atoms with E-state index in [4.69, 9.17) is 11.6 Å². The van der Waals surface area contributed by atoms with Crippen molar-refractivity contribution in [1.29, 1.82) is 0 Å². The van der Waals surface area contributed by atoms with Crippen molar-refractivity contribution in [3.05, 3.63) is 35.9 Å². The van der Waals surface area contributed by atoms with Crippen LogP contribution in [0.1, 0.15) is 12.8 Å². The zero-order chi connectivity index (χ0) is 18.9. The predicted molar refractivity (Wildman–Crippen MR) is 95.3 cm³/mol. The predicted octanol–water partition coefficient (Wildman–Crippen LogP) is 2.68. The Morgan fingerprint density at radius 1 is 1.54 bits per heavy atom. The number of aromatic nitrogens is 3. The Hall–Kier alpha value is -1.87. The Morgan fingerprint density at radius 3 is 2.88 bits per heavy atom. The summed E-state index contributed by atoms with van der Waals surface area (Å²) in [5, 5.41) is 4.29. The number of pyridine rings is 1. The molecule has 10 heteroatoms. The Morgan fingerprint density at radius 2 is 2.27 bits per heavy atom. The smallest absolute Gasteiger partial charge is 0.252 e. The molecule has 2 unspecified atom stereocenters. The fourth-order valence-corrected chi connectivity index (χ4v) is 4.09. The molecule has 6 nitrogen and oxygen atoms in total. The highest BCUT2D eigenvalue weighted by atomic mass is 35.5. The van der Waals surface area contributed by atoms with Gasteiger partial charge >= 0.3 is 0 Å². The number of hydrogen-bond acceptors (Lipinski definition) is 4. The summed E-state index contributed by atoms with van der Waals surface area (Å²) < 4.78 is 39.1. The van der Waals surface area contributed by atoms with E-state index in [2.05, 4.69) is 10.1 Å². The fourth-order valence-electron chi connectivity index (χ4n) is 2.45. The number of alkyl halides is 2. The van der Waals surface area contributed by atoms with Crippen LogP contribution in [-0.4, -0.2) is 49.4 Å². The first-order valence-electron chi connectivity index (χ1n) is 7.93. The number of anilines is 1. The lowest BCUT2D eigenvalue weighted by molar-refractivity contribution is -0.117. The summed E-state index contributed by atoms with van der Waals surface area (Å²) in [7, 11) is 0.0913. The molecule has 0 aliphatic heterocycles. The molecular weight excluding hydrogens is 386 g/mol. The second-order valence-electron chi connectivity index (χ2n) is 6.14. The Bertz CT molecular complexity index is 831. The van der Waals surface area contributed by atoms with Crippen molar-refractivity contribution in [3.8, 4) is 5.69 Å². The molecule has 1 amide bonds. The van der Waals surface area contributed by atoms with Gasteiger partial charge in [0, 0.05) is 54.3 Å². The van der Waals surface area contributed by atoms with Crippen LogP contribution in [0.5, 0.6) is 0 Å². The average Bonchev–Trinajstić information content (AvgIpc) is 3.02. The van der Waals surface area contributed by atoms with E-state index in [1.165, 1.54) is 16.6 Å². The van der Waals surface area contributed by atoms with Gasteiger partial charge < -0.3 is 4.90 Å². The molecule has 1 aliphatic carbocycles. The van der Waals surface area contributed by atoms with Crippen molar-refractivity contribution in [2.24, 2.45) is 5.92 Å². The van der Waals surface area contributed by atoms with Gasteiger partial charge in [0.1, 0.15) is 5.69 Å². The topological polar surface area (TPSA) is 68.1 Å². The summed E-state index contributed by atoms with van der Waals surface area (Å²) >= 11 is 6.12. The maximum absolute atomic E-state index is 12.9. The zero-order valence-electron chi connectivity index (χ0n) is 13.9. The van der Waals surface area contributed by atoms with Crippen LogP contribution in [-0.2, 0) is 15.6 Å². The maximum atomic E-state index is 12.9. The van der Waals surface area contributed by atoms with Crippen LogP contribution < -0.4 is 4.90 Å². The lowest BCUT2D eigenvalue weighted by Crippen LogP contribution is -2.27. The molecule has 2 aromatic rings. The van der Waals surface area contributed by atoms with Crippen molar-refractivity contribution >= 4 is 34.0 Å². The maximum Gasteiger partial charge on any atom is 0.252 e. The second-order valence-corrected chi connectivity index (χ2v) is 8.12. The summed E-state index contributed by atoms with van der Waals surface area (Å²) in [6, 6.07) is 3.54. The summed E-state index contributed by atoms with van der Waals surface area (Å²) in [6.45, 7) is 0. The van der Waals surface area contributed by atoms with Crippen LogP contribution in [0.4, 0.5) is 14.5 Å². The SMILES string of the molecule is CN(C(=O)CCS(=O)CC1CC1(F)F)c1cn(-c2cccnc2)nc1Cl. The van der Waals surface area contributed by atoms with Crippen LogP contribution in [0.3, 0.4) is 0 Å². The van der Waals surface area contributed by atoms with E-state index >= 15 is 0 Å². The summed E-state index contributed by atoms with van der Waals surface area (Å²) in [5.41, 5.74) is 1.09. The summed E-state index contributed by atoms with van der Waals surface area (Å²) in [4.78, 5) is 17.6. The number of rotatable bonds is 7. The third kappa shape index (κ3) is 4.27. The van der Waals surface area contributed by atoms with E-state index in [-0.39, 0.29) is 35.4 Å². The molecule has 2 heterocycles. The molecule has 3 rings (SSSR count). The number of carbonyl (C=O) groups excluding carboxylic acids is 1. The summed E-state index contributed by atoms with van der Waals surface area (Å²) in [5.74, 6) is -3.84. The van der Waals surface area contributed by atoms with Crippen LogP contribution >= 0.6 is 11.6 Å². The molecule has 1 aliphatic rings. The van der Waals surface area contributed by atoms with Crippen LogP contribution in [0.15, 0.2) is 30.7 Å². The fraction of sp³-hybridized carbons (Fsp3) is 0.438. The van der Waals surface area contributed by atoms with Gasteiger partial charge in [0.25, 0.3) is 5.92 Å². The molecule has 2 aromatic heterocycles. The van der Waals surface area contributed by atoms with Crippen molar-refractivity contribution in [1.82, 2.24) is 14.8 Å². The summed E-state index contributed by atoms with van der Waals surface area (Å²) in [6.07, 6.45) is 4.60. The third-order valence-corrected chi connectivity index (χ3v) is 5.89. The minimum atomic E-state index is -2.69. The van der Waals surface area contributed by atoms with Gasteiger partial charge in [-0.3, -0.25) is 14.0 Å². The van der Waals surface area contributed by atoms with Crippen molar-refractivity contribution in [2.75, 3.05) is 23.5 Å². The van der Waals surface area contributed by atoms with Gasteiger partial charge in [-0.2, -0.15) is 5.10 Å². The molecule has 0 N–H and O–H groups in total. The molecule has 1 fully saturated rings. The number of amides is 1. The average molecular weight is 403 g/mol. The zero-order valence-corrected chi connectivity index (χ0v) is 15.5. The standard InChI is InChI=1S/C16H17ClF2N4O2S/c1-22(14(24)4-6-26(25)10-11-7-16(11,18)19)13-9-23(21-15(13)17)12-3-2-5-20-8-12/h2-3,5,8-9,11H,4,6-7,10H2,1H3. The molecule has 0 bridgehead atoms. The lowest BCUT2D eigenvalue weighted by Gasteiger charge is -2.15. The minimum absolute atomic E-state index is 0.0181. The van der Waals surface area contributed by atoms with Crippen molar-refractivity contribution in [3.63, 3.8) is 0 Å². The Kier molecular flexibility index (Phi) is 5.38. The highest BCUT2D eigenvalue weighted by Gasteiger charge is 2.57. The minimum Gasteiger partial charge on any atom is -0.311 e. The van der Waals surface area contributed by atoms with E-state index in [9.17, 15) is 17.8 Å². The Labute approximate surface area is 156 Å². The molecule has 140 valence electrons. The van der Waals surface area contributed by atoms with Crippen LogP contribution in [0, 0.1) is 5.92 Å². The van der Waals surface area contributed by atoms with Gasteiger partial charge in [-0.25, -0.2) is 13.5 Å². The monoisotopic (exact) mass is 402 g/mol. The van der Waals surface area contributed by atoms with Gasteiger partial charge in [-0.15, -0.1) is 0 Å². The highest BCUT2D eigenvalue weighted by Crippen LogP contribution is 2.48. The van der Waals surface area contributed by atoms with Crippen LogP contribution in [0.2, 0.25) is 5.15 Å². The highest BCUT2D eigenvalue weighted by molar-refractivity contribution is 7.85. The first-order valence-corrected chi connectivity index (χ1v) is 9.79. The molecule has 0 saturated heterocycles. The molecule has 0 spiro atoms. The van der Waals surface area contributed by atoms with Gasteiger partial charge in [-0.05, 0) is 12.1 Å². The number of hydrogen-bond donors (Lipinski definition) is 0. The van der Waals surface area contributed by atoms with Gasteiger partial charge in [0.05, 0.1) is 18.1 Å². The van der Waals surface area contributed by atoms with E-state index < -0.39 is 22.6 Å². The molecule has 26 heavy (non-hydrogen) atoms. The van der Waals surface area contributed by atoms with Gasteiger partial charge in [0.2, 0.25) is 5.91 Å². The molecular formula is C16H17ClF2N4O2S. The molecule has 1 saturated carbocycles. The normalized spacial score (nSPS) is 19.2. The van der Waals surface area contributed by atoms with Crippen molar-refractivity contribution in [2.45, 2.75) is 18.8 Å². The van der Waals surface area contributed by atoms with E-state index in [1.54, 1.807) is 30.7 Å². The van der Waals surface area contributed by atoms with Gasteiger partial charge in [-0.1, -0.05) is 11.6 Å². The number of carbonyl (C=O) groups is 1. The van der Waals surface area contributed by atoms with Crippen molar-refractivity contribution < 1.29 is 17.8 Å². The van der Waals surface area contributed by atoms with E-state index in [1.807, 2.05) is 0 Å². The van der Waals surface area contributed by atoms with E-state index in [0.717, 1.165) is 0 Å². The Balaban J connectivity index is 1.58. The molecule has 0 radical (unpaired) electrons. The van der Waals surface area contributed by atoms with Crippen LogP contribution in [0.25, 0.3) is 5.69 Å². The third-order valence-electron chi connectivity index (χ3n) is 4.18. The largest absolute Gasteiger partial charge is 0.311 e. The molecule has 2 atom stereocenters. The van der Waals surface area contributed by atoms with Gasteiger partial charge in [0.15, 0.2) is 5.15 Å². The number of nitrogens with zero attached hydrogens (tertiary/aromatic N) is 4. The molecule has 0 aromatic carbocycles. The van der Waals surface area contributed by atoms with E-state index in [0.29, 0.717) is 11.4 Å². The first-order chi connectivity index (χ1) is 12.3. The first kappa shape index (κ1) is 18.9.